The van der Waals surface area contributed by atoms with Gasteiger partial charge in [-0.1, -0.05) is 26.0 Å². The third kappa shape index (κ3) is 4.01. The van der Waals surface area contributed by atoms with Gasteiger partial charge in [0.15, 0.2) is 0 Å². The molecule has 0 saturated carbocycles. The minimum Gasteiger partial charge on any atom is -0.481 e. The van der Waals surface area contributed by atoms with Crippen LogP contribution in [-0.2, 0) is 10.2 Å². The van der Waals surface area contributed by atoms with E-state index in [0.29, 0.717) is 0 Å². The Labute approximate surface area is 98.0 Å². The van der Waals surface area contributed by atoms with Crippen LogP contribution in [0.5, 0.6) is 5.75 Å². The van der Waals surface area contributed by atoms with Gasteiger partial charge in [-0.15, -0.1) is 0 Å². The fourth-order valence-corrected chi connectivity index (χ4v) is 1.57. The number of carboxylic acids is 1. The van der Waals surface area contributed by atoms with Gasteiger partial charge in [0.1, 0.15) is 5.75 Å². The Balaban J connectivity index is 2.82. The van der Waals surface area contributed by atoms with E-state index in [2.05, 4.69) is 4.74 Å². The molecule has 0 atom stereocenters. The zero-order chi connectivity index (χ0) is 13.1. The second-order valence-corrected chi connectivity index (χ2v) is 4.36. The fourth-order valence-electron chi connectivity index (χ4n) is 1.57. The molecule has 3 nitrogen and oxygen atoms in total. The first-order valence-electron chi connectivity index (χ1n) is 5.08. The summed E-state index contributed by atoms with van der Waals surface area (Å²) in [5.41, 5.74) is 0.219. The second kappa shape index (κ2) is 5.12. The topological polar surface area (TPSA) is 46.5 Å². The molecule has 0 saturated heterocycles. The molecule has 1 aromatic rings. The van der Waals surface area contributed by atoms with Crippen molar-refractivity contribution in [1.82, 2.24) is 0 Å². The largest absolute Gasteiger partial charge is 0.481 e. The standard InChI is InChI=1S/C12H14F2O3/c1-12(2,7-10(15)16)8-3-5-9(6-4-8)17-11(13)14/h3-6,11H,7H2,1-2H3,(H,15,16). The van der Waals surface area contributed by atoms with Gasteiger partial charge in [0.2, 0.25) is 0 Å². The Morgan fingerprint density at radius 2 is 1.88 bits per heavy atom. The molecule has 0 heterocycles. The molecule has 5 heteroatoms. The van der Waals surface area contributed by atoms with Crippen LogP contribution < -0.4 is 4.74 Å². The number of rotatable bonds is 5. The molecular formula is C12H14F2O3. The van der Waals surface area contributed by atoms with E-state index < -0.39 is 18.0 Å². The van der Waals surface area contributed by atoms with Crippen LogP contribution in [0.1, 0.15) is 25.8 Å². The van der Waals surface area contributed by atoms with E-state index in [1.165, 1.54) is 12.1 Å². The number of carbonyl (C=O) groups is 1. The summed E-state index contributed by atoms with van der Waals surface area (Å²) >= 11 is 0. The normalized spacial score (nSPS) is 11.6. The highest BCUT2D eigenvalue weighted by Gasteiger charge is 2.24. The molecule has 94 valence electrons. The van der Waals surface area contributed by atoms with Gasteiger partial charge in [-0.2, -0.15) is 8.78 Å². The van der Waals surface area contributed by atoms with Gasteiger partial charge in [0, 0.05) is 5.41 Å². The van der Waals surface area contributed by atoms with Crippen molar-refractivity contribution in [2.45, 2.75) is 32.3 Å². The number of alkyl halides is 2. The van der Waals surface area contributed by atoms with Crippen molar-refractivity contribution in [2.75, 3.05) is 0 Å². The van der Waals surface area contributed by atoms with Crippen LogP contribution in [0.4, 0.5) is 8.78 Å². The quantitative estimate of drug-likeness (QED) is 0.865. The molecule has 1 rings (SSSR count). The maximum absolute atomic E-state index is 11.9. The number of hydrogen-bond donors (Lipinski definition) is 1. The van der Waals surface area contributed by atoms with Crippen LogP contribution in [0.25, 0.3) is 0 Å². The highest BCUT2D eigenvalue weighted by atomic mass is 19.3. The average Bonchev–Trinajstić information content (AvgIpc) is 2.15. The zero-order valence-electron chi connectivity index (χ0n) is 9.61. The van der Waals surface area contributed by atoms with Crippen molar-refractivity contribution in [1.29, 1.82) is 0 Å². The minimum atomic E-state index is -2.85. The van der Waals surface area contributed by atoms with Crippen LogP contribution in [0, 0.1) is 0 Å². The van der Waals surface area contributed by atoms with Gasteiger partial charge >= 0.3 is 12.6 Å². The summed E-state index contributed by atoms with van der Waals surface area (Å²) in [7, 11) is 0. The highest BCUT2D eigenvalue weighted by Crippen LogP contribution is 2.28. The lowest BCUT2D eigenvalue weighted by molar-refractivity contribution is -0.138. The second-order valence-electron chi connectivity index (χ2n) is 4.36. The van der Waals surface area contributed by atoms with Gasteiger partial charge in [-0.05, 0) is 17.7 Å². The Kier molecular flexibility index (Phi) is 4.04. The number of carboxylic acid groups (broad SMARTS) is 1. The SMILES string of the molecule is CC(C)(CC(=O)O)c1ccc(OC(F)F)cc1. The summed E-state index contributed by atoms with van der Waals surface area (Å²) in [5, 5.41) is 8.76. The van der Waals surface area contributed by atoms with Crippen LogP contribution in [0.15, 0.2) is 24.3 Å². The molecule has 1 aromatic carbocycles. The minimum absolute atomic E-state index is 0.0257. The van der Waals surface area contributed by atoms with Gasteiger partial charge in [0.05, 0.1) is 6.42 Å². The Morgan fingerprint density at radius 3 is 2.29 bits per heavy atom. The first-order valence-corrected chi connectivity index (χ1v) is 5.08. The molecule has 0 aliphatic heterocycles. The van der Waals surface area contributed by atoms with E-state index in [9.17, 15) is 13.6 Å². The molecule has 0 amide bonds. The van der Waals surface area contributed by atoms with E-state index in [1.54, 1.807) is 26.0 Å². The third-order valence-corrected chi connectivity index (χ3v) is 2.45. The molecule has 0 spiro atoms. The van der Waals surface area contributed by atoms with Gasteiger partial charge < -0.3 is 9.84 Å². The molecule has 1 N–H and O–H groups in total. The van der Waals surface area contributed by atoms with E-state index >= 15 is 0 Å². The average molecular weight is 244 g/mol. The fraction of sp³-hybridized carbons (Fsp3) is 0.417. The predicted octanol–water partition coefficient (Wildman–Crippen LogP) is 3.04. The summed E-state index contributed by atoms with van der Waals surface area (Å²) < 4.78 is 28.1. The maximum Gasteiger partial charge on any atom is 0.387 e. The van der Waals surface area contributed by atoms with Crippen LogP contribution in [-0.4, -0.2) is 17.7 Å². The van der Waals surface area contributed by atoms with Crippen molar-refractivity contribution in [3.8, 4) is 5.75 Å². The molecule has 0 aromatic heterocycles. The molecule has 0 radical (unpaired) electrons. The first-order chi connectivity index (χ1) is 7.81. The Bertz CT molecular complexity index is 385. The van der Waals surface area contributed by atoms with Crippen molar-refractivity contribution in [2.24, 2.45) is 0 Å². The molecular weight excluding hydrogens is 230 g/mol. The summed E-state index contributed by atoms with van der Waals surface area (Å²) in [6, 6.07) is 6.01. The zero-order valence-corrected chi connectivity index (χ0v) is 9.61. The van der Waals surface area contributed by atoms with Crippen molar-refractivity contribution in [3.63, 3.8) is 0 Å². The summed E-state index contributed by atoms with van der Waals surface area (Å²) in [5.74, 6) is -0.835. The molecule has 0 bridgehead atoms. The van der Waals surface area contributed by atoms with Gasteiger partial charge in [0.25, 0.3) is 0 Å². The predicted molar refractivity (Wildman–Crippen MR) is 58.4 cm³/mol. The van der Waals surface area contributed by atoms with Crippen molar-refractivity contribution < 1.29 is 23.4 Å². The van der Waals surface area contributed by atoms with Crippen LogP contribution in [0.3, 0.4) is 0 Å². The number of ether oxygens (including phenoxy) is 1. The van der Waals surface area contributed by atoms with E-state index in [1.807, 2.05) is 0 Å². The smallest absolute Gasteiger partial charge is 0.387 e. The van der Waals surface area contributed by atoms with Crippen molar-refractivity contribution >= 4 is 5.97 Å². The van der Waals surface area contributed by atoms with Crippen LogP contribution in [0.2, 0.25) is 0 Å². The first kappa shape index (κ1) is 13.4. The molecule has 0 fully saturated rings. The lowest BCUT2D eigenvalue weighted by atomic mass is 9.82. The lowest BCUT2D eigenvalue weighted by Crippen LogP contribution is -2.21. The summed E-state index contributed by atoms with van der Waals surface area (Å²) in [4.78, 5) is 10.7. The summed E-state index contributed by atoms with van der Waals surface area (Å²) in [6.07, 6.45) is -0.0257. The molecule has 17 heavy (non-hydrogen) atoms. The number of hydrogen-bond acceptors (Lipinski definition) is 2. The lowest BCUT2D eigenvalue weighted by Gasteiger charge is -2.23. The summed E-state index contributed by atoms with van der Waals surface area (Å²) in [6.45, 7) is 0.710. The number of aliphatic carboxylic acids is 1. The monoisotopic (exact) mass is 244 g/mol. The van der Waals surface area contributed by atoms with E-state index in [-0.39, 0.29) is 12.2 Å². The molecule has 0 aliphatic rings. The Morgan fingerprint density at radius 1 is 1.35 bits per heavy atom. The van der Waals surface area contributed by atoms with Crippen LogP contribution >= 0.6 is 0 Å². The van der Waals surface area contributed by atoms with E-state index in [0.717, 1.165) is 5.56 Å². The van der Waals surface area contributed by atoms with Gasteiger partial charge in [-0.25, -0.2) is 0 Å². The van der Waals surface area contributed by atoms with Crippen molar-refractivity contribution in [3.05, 3.63) is 29.8 Å². The van der Waals surface area contributed by atoms with E-state index in [4.69, 9.17) is 5.11 Å². The van der Waals surface area contributed by atoms with Gasteiger partial charge in [-0.3, -0.25) is 4.79 Å². The molecule has 0 aliphatic carbocycles. The highest BCUT2D eigenvalue weighted by molar-refractivity contribution is 5.68. The Hall–Kier alpha value is -1.65. The maximum atomic E-state index is 11.9. The third-order valence-electron chi connectivity index (χ3n) is 2.45. The molecule has 0 unspecified atom stereocenters. The number of benzene rings is 1. The number of halogens is 2.